The van der Waals surface area contributed by atoms with Crippen LogP contribution in [-0.2, 0) is 11.1 Å². The minimum absolute atomic E-state index is 0.361. The molecule has 33 heavy (non-hydrogen) atoms. The van der Waals surface area contributed by atoms with Gasteiger partial charge in [-0.15, -0.1) is 0 Å². The van der Waals surface area contributed by atoms with E-state index in [4.69, 9.17) is 0 Å². The fourth-order valence-corrected chi connectivity index (χ4v) is 5.08. The van der Waals surface area contributed by atoms with Crippen molar-refractivity contribution in [2.45, 2.75) is 37.8 Å². The van der Waals surface area contributed by atoms with Gasteiger partial charge in [0, 0.05) is 54.4 Å². The van der Waals surface area contributed by atoms with Crippen molar-refractivity contribution in [1.82, 2.24) is 19.9 Å². The monoisotopic (exact) mass is 461 g/mol. The molecule has 3 atom stereocenters. The van der Waals surface area contributed by atoms with Crippen LogP contribution >= 0.6 is 0 Å². The molecule has 170 valence electrons. The Morgan fingerprint density at radius 3 is 2.42 bits per heavy atom. The first kappa shape index (κ1) is 21.8. The van der Waals surface area contributed by atoms with E-state index in [1.165, 1.54) is 5.69 Å². The Labute approximate surface area is 195 Å². The topological polar surface area (TPSA) is 82.8 Å². The zero-order chi connectivity index (χ0) is 23.1. The van der Waals surface area contributed by atoms with Gasteiger partial charge < -0.3 is 14.8 Å². The smallest absolute Gasteiger partial charge is 0.186 e. The van der Waals surface area contributed by atoms with Crippen LogP contribution < -0.4 is 10.2 Å². The molecule has 0 saturated carbocycles. The molecule has 1 fully saturated rings. The normalized spacial score (nSPS) is 19.7. The third kappa shape index (κ3) is 4.06. The van der Waals surface area contributed by atoms with Gasteiger partial charge in [-0.05, 0) is 61.7 Å². The van der Waals surface area contributed by atoms with Gasteiger partial charge in [-0.25, -0.2) is 13.7 Å². The molecule has 1 aliphatic rings. The lowest BCUT2D eigenvalue weighted by atomic mass is 10.0. The zero-order valence-electron chi connectivity index (χ0n) is 18.9. The molecule has 1 saturated heterocycles. The van der Waals surface area contributed by atoms with Gasteiger partial charge in [-0.3, -0.25) is 0 Å². The first-order chi connectivity index (χ1) is 15.9. The Morgan fingerprint density at radius 2 is 1.73 bits per heavy atom. The van der Waals surface area contributed by atoms with Crippen LogP contribution in [0.4, 0.5) is 5.69 Å². The lowest BCUT2D eigenvalue weighted by molar-refractivity contribution is 0.432. The van der Waals surface area contributed by atoms with E-state index in [9.17, 15) is 8.76 Å². The zero-order valence-corrected chi connectivity index (χ0v) is 19.7. The molecule has 4 aromatic rings. The molecule has 1 unspecified atom stereocenters. The van der Waals surface area contributed by atoms with Crippen LogP contribution in [0.3, 0.4) is 0 Å². The number of aryl methyl sites for hydroxylation is 1. The lowest BCUT2D eigenvalue weighted by Crippen LogP contribution is -2.55. The minimum atomic E-state index is -2.03. The number of aromatic nitrogens is 3. The number of anilines is 1. The maximum Gasteiger partial charge on any atom is 0.186 e. The van der Waals surface area contributed by atoms with E-state index < -0.39 is 11.1 Å². The second-order valence-corrected chi connectivity index (χ2v) is 9.68. The summed E-state index contributed by atoms with van der Waals surface area (Å²) in [5, 5.41) is 7.99. The largest absolute Gasteiger partial charge is 0.364 e. The van der Waals surface area contributed by atoms with Crippen molar-refractivity contribution in [2.75, 3.05) is 18.0 Å². The van der Waals surface area contributed by atoms with E-state index in [2.05, 4.69) is 58.4 Å². The van der Waals surface area contributed by atoms with Crippen LogP contribution in [0.5, 0.6) is 0 Å². The van der Waals surface area contributed by atoms with Crippen molar-refractivity contribution < 1.29 is 8.76 Å². The van der Waals surface area contributed by atoms with Crippen molar-refractivity contribution in [1.29, 1.82) is 0 Å². The molecule has 3 heterocycles. The molecule has 5 rings (SSSR count). The summed E-state index contributed by atoms with van der Waals surface area (Å²) < 4.78 is 22.8. The van der Waals surface area contributed by atoms with Crippen LogP contribution in [0.15, 0.2) is 66.0 Å². The Hall–Kier alpha value is -3.07. The van der Waals surface area contributed by atoms with Gasteiger partial charge in [-0.1, -0.05) is 18.2 Å². The van der Waals surface area contributed by atoms with Crippen molar-refractivity contribution in [3.05, 3.63) is 66.6 Å². The average molecular weight is 462 g/mol. The molecule has 8 heteroatoms. The Morgan fingerprint density at radius 1 is 1.00 bits per heavy atom. The van der Waals surface area contributed by atoms with Crippen LogP contribution in [0.25, 0.3) is 27.9 Å². The van der Waals surface area contributed by atoms with Crippen molar-refractivity contribution in [3.63, 3.8) is 0 Å². The molecule has 7 nitrogen and oxygen atoms in total. The highest BCUT2D eigenvalue weighted by Gasteiger charge is 2.24. The van der Waals surface area contributed by atoms with E-state index in [0.717, 1.165) is 40.9 Å². The summed E-state index contributed by atoms with van der Waals surface area (Å²) in [6.45, 7) is 8.45. The second-order valence-electron chi connectivity index (χ2n) is 8.71. The third-order valence-electron chi connectivity index (χ3n) is 6.39. The van der Waals surface area contributed by atoms with Crippen molar-refractivity contribution in [3.8, 4) is 22.3 Å². The van der Waals surface area contributed by atoms with Gasteiger partial charge in [-0.2, -0.15) is 5.10 Å². The first-order valence-corrected chi connectivity index (χ1v) is 12.2. The summed E-state index contributed by atoms with van der Waals surface area (Å²) in [5.74, 6) is 0. The van der Waals surface area contributed by atoms with Gasteiger partial charge in [0.15, 0.2) is 16.7 Å². The number of piperazine rings is 1. The van der Waals surface area contributed by atoms with E-state index in [-0.39, 0.29) is 0 Å². The SMILES string of the molecule is Cc1ccc(S(=O)O)cc1-c1cnn2cc(-c3ccc(N4[C@H](C)CNC[C@@H]4C)cc3)cnc12. The average Bonchev–Trinajstić information content (AvgIpc) is 3.22. The minimum Gasteiger partial charge on any atom is -0.364 e. The summed E-state index contributed by atoms with van der Waals surface area (Å²) in [7, 11) is 0. The van der Waals surface area contributed by atoms with Crippen LogP contribution in [0.1, 0.15) is 19.4 Å². The number of fused-ring (bicyclic) bond motifs is 1. The third-order valence-corrected chi connectivity index (χ3v) is 7.04. The molecule has 2 aromatic heterocycles. The molecule has 2 aromatic carbocycles. The second kappa shape index (κ2) is 8.70. The quantitative estimate of drug-likeness (QED) is 0.445. The van der Waals surface area contributed by atoms with E-state index in [0.29, 0.717) is 22.6 Å². The van der Waals surface area contributed by atoms with Gasteiger partial charge in [0.1, 0.15) is 0 Å². The van der Waals surface area contributed by atoms with Gasteiger partial charge in [0.25, 0.3) is 0 Å². The summed E-state index contributed by atoms with van der Waals surface area (Å²) >= 11 is -2.03. The summed E-state index contributed by atoms with van der Waals surface area (Å²) in [6, 6.07) is 14.8. The summed E-state index contributed by atoms with van der Waals surface area (Å²) in [4.78, 5) is 7.52. The molecule has 0 aliphatic carbocycles. The lowest BCUT2D eigenvalue weighted by Gasteiger charge is -2.41. The highest BCUT2D eigenvalue weighted by Crippen LogP contribution is 2.30. The number of nitrogens with zero attached hydrogens (tertiary/aromatic N) is 4. The van der Waals surface area contributed by atoms with Crippen LogP contribution in [0.2, 0.25) is 0 Å². The standard InChI is InChI=1S/C25H27N5O2S/c1-16-4-9-22(33(31)32)10-23(16)24-14-28-29-15-20(13-27-25(24)29)19-5-7-21(8-6-19)30-17(2)11-26-12-18(30)3/h4-10,13-15,17-18,26H,11-12H2,1-3H3,(H,31,32)/t17-,18+. The molecule has 0 bridgehead atoms. The van der Waals surface area contributed by atoms with E-state index >= 15 is 0 Å². The molecule has 2 N–H and O–H groups in total. The Balaban J connectivity index is 1.47. The van der Waals surface area contributed by atoms with Crippen molar-refractivity contribution >= 4 is 22.4 Å². The Bertz CT molecular complexity index is 1320. The maximum atomic E-state index is 11.5. The predicted molar refractivity (Wildman–Crippen MR) is 132 cm³/mol. The first-order valence-electron chi connectivity index (χ1n) is 11.1. The number of nitrogens with one attached hydrogen (secondary N) is 1. The van der Waals surface area contributed by atoms with Gasteiger partial charge in [0.2, 0.25) is 0 Å². The van der Waals surface area contributed by atoms with Gasteiger partial charge in [0.05, 0.1) is 11.1 Å². The highest BCUT2D eigenvalue weighted by molar-refractivity contribution is 7.79. The highest BCUT2D eigenvalue weighted by atomic mass is 32.2. The molecule has 0 radical (unpaired) electrons. The van der Waals surface area contributed by atoms with E-state index in [1.807, 2.05) is 25.4 Å². The number of benzene rings is 2. The summed E-state index contributed by atoms with van der Waals surface area (Å²) in [5.41, 5.74) is 6.69. The number of rotatable bonds is 4. The van der Waals surface area contributed by atoms with Crippen molar-refractivity contribution in [2.24, 2.45) is 0 Å². The van der Waals surface area contributed by atoms with Gasteiger partial charge >= 0.3 is 0 Å². The molecule has 0 spiro atoms. The van der Waals surface area contributed by atoms with Crippen LogP contribution in [-0.4, -0.2) is 48.5 Å². The van der Waals surface area contributed by atoms with Crippen LogP contribution in [0, 0.1) is 6.92 Å². The maximum absolute atomic E-state index is 11.5. The Kier molecular flexibility index (Phi) is 5.74. The number of hydrogen-bond donors (Lipinski definition) is 2. The predicted octanol–water partition coefficient (Wildman–Crippen LogP) is 4.14. The molecular weight excluding hydrogens is 434 g/mol. The molecular formula is C25H27N5O2S. The fraction of sp³-hybridized carbons (Fsp3) is 0.280. The number of hydrogen-bond acceptors (Lipinski definition) is 5. The molecule has 0 amide bonds. The molecule has 1 aliphatic heterocycles. The fourth-order valence-electron chi connectivity index (χ4n) is 4.68. The summed E-state index contributed by atoms with van der Waals surface area (Å²) in [6.07, 6.45) is 5.59. The van der Waals surface area contributed by atoms with E-state index in [1.54, 1.807) is 22.8 Å².